The monoisotopic (exact) mass is 200 g/mol. The predicted molar refractivity (Wildman–Crippen MR) is 55.9 cm³/mol. The number of fused-ring (bicyclic) bond motifs is 1. The lowest BCUT2D eigenvalue weighted by Gasteiger charge is -2.24. The Bertz CT molecular complexity index is 191. The van der Waals surface area contributed by atoms with Crippen LogP contribution in [0.1, 0.15) is 12.8 Å². The van der Waals surface area contributed by atoms with Gasteiger partial charge >= 0.3 is 0 Å². The Morgan fingerprint density at radius 1 is 1.54 bits per heavy atom. The summed E-state index contributed by atoms with van der Waals surface area (Å²) >= 11 is 5.80. The molecule has 0 bridgehead atoms. The summed E-state index contributed by atoms with van der Waals surface area (Å²) in [5, 5.41) is 4.33. The molecular weight excluding hydrogens is 184 g/mol. The van der Waals surface area contributed by atoms with E-state index in [-0.39, 0.29) is 0 Å². The van der Waals surface area contributed by atoms with Crippen LogP contribution in [0, 0.1) is 5.92 Å². The van der Waals surface area contributed by atoms with E-state index >= 15 is 0 Å². The van der Waals surface area contributed by atoms with Gasteiger partial charge in [0.15, 0.2) is 0 Å². The molecule has 0 spiro atoms. The fraction of sp³-hybridized carbons (Fsp3) is 0.800. The second-order valence-electron chi connectivity index (χ2n) is 4.17. The van der Waals surface area contributed by atoms with Crippen molar-refractivity contribution in [2.75, 3.05) is 26.2 Å². The summed E-state index contributed by atoms with van der Waals surface area (Å²) in [7, 11) is 0. The average molecular weight is 201 g/mol. The molecule has 2 unspecified atom stereocenters. The van der Waals surface area contributed by atoms with Gasteiger partial charge in [-0.2, -0.15) is 0 Å². The molecule has 2 heterocycles. The molecule has 0 aromatic rings. The maximum Gasteiger partial charge on any atom is 0.0336 e. The normalized spacial score (nSPS) is 34.5. The number of piperidine rings is 1. The Kier molecular flexibility index (Phi) is 2.92. The minimum atomic E-state index is 0.713. The topological polar surface area (TPSA) is 15.3 Å². The molecule has 0 aliphatic carbocycles. The van der Waals surface area contributed by atoms with Gasteiger partial charge in [0.05, 0.1) is 0 Å². The molecular formula is C10H17ClN2. The largest absolute Gasteiger partial charge is 0.312 e. The molecule has 0 aromatic heterocycles. The van der Waals surface area contributed by atoms with E-state index < -0.39 is 0 Å². The van der Waals surface area contributed by atoms with Crippen LogP contribution < -0.4 is 5.32 Å². The third-order valence-corrected chi connectivity index (χ3v) is 3.19. The first-order valence-corrected chi connectivity index (χ1v) is 5.42. The SMILES string of the molecule is C=C(Cl)CN1CC2CCCNC2C1. The van der Waals surface area contributed by atoms with Crippen molar-refractivity contribution >= 4 is 11.6 Å². The molecule has 2 saturated heterocycles. The van der Waals surface area contributed by atoms with Crippen LogP contribution in [0.15, 0.2) is 11.6 Å². The van der Waals surface area contributed by atoms with Crippen LogP contribution >= 0.6 is 11.6 Å². The van der Waals surface area contributed by atoms with E-state index in [0.717, 1.165) is 24.0 Å². The highest BCUT2D eigenvalue weighted by atomic mass is 35.5. The van der Waals surface area contributed by atoms with Gasteiger partial charge in [0, 0.05) is 30.7 Å². The van der Waals surface area contributed by atoms with Gasteiger partial charge in [0.25, 0.3) is 0 Å². The van der Waals surface area contributed by atoms with Gasteiger partial charge in [-0.15, -0.1) is 0 Å². The number of halogens is 1. The minimum absolute atomic E-state index is 0.713. The Balaban J connectivity index is 1.87. The second-order valence-corrected chi connectivity index (χ2v) is 4.71. The molecule has 13 heavy (non-hydrogen) atoms. The van der Waals surface area contributed by atoms with Gasteiger partial charge < -0.3 is 5.32 Å². The highest BCUT2D eigenvalue weighted by molar-refractivity contribution is 6.29. The van der Waals surface area contributed by atoms with Crippen molar-refractivity contribution < 1.29 is 0 Å². The van der Waals surface area contributed by atoms with Crippen LogP contribution in [0.5, 0.6) is 0 Å². The first-order valence-electron chi connectivity index (χ1n) is 5.05. The summed E-state index contributed by atoms with van der Waals surface area (Å²) in [5.41, 5.74) is 0. The molecule has 3 heteroatoms. The second kappa shape index (κ2) is 3.99. The Morgan fingerprint density at radius 2 is 2.38 bits per heavy atom. The fourth-order valence-electron chi connectivity index (χ4n) is 2.51. The average Bonchev–Trinajstić information content (AvgIpc) is 2.44. The van der Waals surface area contributed by atoms with E-state index in [1.807, 2.05) is 0 Å². The van der Waals surface area contributed by atoms with Gasteiger partial charge in [0.1, 0.15) is 0 Å². The maximum atomic E-state index is 5.80. The van der Waals surface area contributed by atoms with Gasteiger partial charge in [0.2, 0.25) is 0 Å². The summed E-state index contributed by atoms with van der Waals surface area (Å²) in [6.45, 7) is 8.14. The zero-order valence-corrected chi connectivity index (χ0v) is 8.69. The lowest BCUT2D eigenvalue weighted by molar-refractivity contribution is 0.335. The lowest BCUT2D eigenvalue weighted by Crippen LogP contribution is -2.40. The standard InChI is InChI=1S/C10H17ClN2/c1-8(11)5-13-6-9-3-2-4-12-10(9)7-13/h9-10,12H,1-7H2. The van der Waals surface area contributed by atoms with Crippen molar-refractivity contribution in [3.63, 3.8) is 0 Å². The highest BCUT2D eigenvalue weighted by Gasteiger charge is 2.33. The summed E-state index contributed by atoms with van der Waals surface area (Å²) < 4.78 is 0. The van der Waals surface area contributed by atoms with Gasteiger partial charge in [-0.25, -0.2) is 0 Å². The third kappa shape index (κ3) is 2.25. The van der Waals surface area contributed by atoms with Crippen molar-refractivity contribution in [1.82, 2.24) is 10.2 Å². The smallest absolute Gasteiger partial charge is 0.0336 e. The van der Waals surface area contributed by atoms with Crippen molar-refractivity contribution in [2.24, 2.45) is 5.92 Å². The molecule has 0 amide bonds. The lowest BCUT2D eigenvalue weighted by atomic mass is 9.94. The molecule has 0 aromatic carbocycles. The van der Waals surface area contributed by atoms with Gasteiger partial charge in [-0.05, 0) is 25.3 Å². The Morgan fingerprint density at radius 3 is 3.08 bits per heavy atom. The number of nitrogens with one attached hydrogen (secondary N) is 1. The van der Waals surface area contributed by atoms with E-state index in [9.17, 15) is 0 Å². The molecule has 2 aliphatic heterocycles. The van der Waals surface area contributed by atoms with Crippen LogP contribution in [-0.2, 0) is 0 Å². The molecule has 2 rings (SSSR count). The molecule has 2 nitrogen and oxygen atoms in total. The first-order chi connectivity index (χ1) is 6.25. The Labute approximate surface area is 84.9 Å². The molecule has 0 radical (unpaired) electrons. The van der Waals surface area contributed by atoms with Crippen LogP contribution in [0.4, 0.5) is 0 Å². The summed E-state index contributed by atoms with van der Waals surface area (Å²) in [5.74, 6) is 0.852. The predicted octanol–water partition coefficient (Wildman–Crippen LogP) is 1.42. The van der Waals surface area contributed by atoms with Gasteiger partial charge in [-0.1, -0.05) is 18.2 Å². The molecule has 2 atom stereocenters. The van der Waals surface area contributed by atoms with Crippen LogP contribution in [0.25, 0.3) is 0 Å². The molecule has 0 saturated carbocycles. The molecule has 74 valence electrons. The molecule has 2 fully saturated rings. The maximum absolute atomic E-state index is 5.80. The summed E-state index contributed by atoms with van der Waals surface area (Å²) in [4.78, 5) is 2.41. The number of likely N-dealkylation sites (tertiary alicyclic amines) is 1. The van der Waals surface area contributed by atoms with Crippen LogP contribution in [0.2, 0.25) is 0 Å². The van der Waals surface area contributed by atoms with E-state index in [4.69, 9.17) is 11.6 Å². The molecule has 1 N–H and O–H groups in total. The van der Waals surface area contributed by atoms with Crippen LogP contribution in [-0.4, -0.2) is 37.1 Å². The first kappa shape index (κ1) is 9.50. The van der Waals surface area contributed by atoms with Crippen molar-refractivity contribution in [3.8, 4) is 0 Å². The van der Waals surface area contributed by atoms with E-state index in [0.29, 0.717) is 6.04 Å². The number of hydrogen-bond donors (Lipinski definition) is 1. The van der Waals surface area contributed by atoms with E-state index in [1.54, 1.807) is 0 Å². The quantitative estimate of drug-likeness (QED) is 0.726. The van der Waals surface area contributed by atoms with E-state index in [2.05, 4.69) is 16.8 Å². The fourth-order valence-corrected chi connectivity index (χ4v) is 2.68. The van der Waals surface area contributed by atoms with Crippen molar-refractivity contribution in [1.29, 1.82) is 0 Å². The number of hydrogen-bond acceptors (Lipinski definition) is 2. The zero-order chi connectivity index (χ0) is 9.26. The van der Waals surface area contributed by atoms with Crippen molar-refractivity contribution in [3.05, 3.63) is 11.6 Å². The van der Waals surface area contributed by atoms with Crippen LogP contribution in [0.3, 0.4) is 0 Å². The van der Waals surface area contributed by atoms with Crippen molar-refractivity contribution in [2.45, 2.75) is 18.9 Å². The van der Waals surface area contributed by atoms with Gasteiger partial charge in [-0.3, -0.25) is 4.90 Å². The minimum Gasteiger partial charge on any atom is -0.312 e. The highest BCUT2D eigenvalue weighted by Crippen LogP contribution is 2.25. The zero-order valence-electron chi connectivity index (χ0n) is 7.93. The number of rotatable bonds is 2. The summed E-state index contributed by atoms with van der Waals surface area (Å²) in [6.07, 6.45) is 2.71. The number of nitrogens with zero attached hydrogens (tertiary/aromatic N) is 1. The summed E-state index contributed by atoms with van der Waals surface area (Å²) in [6, 6.07) is 0.713. The molecule has 2 aliphatic rings. The Hall–Kier alpha value is -0.0500. The third-order valence-electron chi connectivity index (χ3n) is 3.07. The van der Waals surface area contributed by atoms with E-state index in [1.165, 1.54) is 25.9 Å².